The van der Waals surface area contributed by atoms with Gasteiger partial charge in [0.1, 0.15) is 5.52 Å². The number of nitrogens with zero attached hydrogens (tertiary/aromatic N) is 4. The van der Waals surface area contributed by atoms with Crippen molar-refractivity contribution < 1.29 is 4.79 Å². The maximum atomic E-state index is 12.1. The summed E-state index contributed by atoms with van der Waals surface area (Å²) in [5, 5.41) is 0. The first-order chi connectivity index (χ1) is 8.26. The minimum absolute atomic E-state index is 0.0185. The normalized spacial score (nSPS) is 10.5. The first-order valence-corrected chi connectivity index (χ1v) is 5.62. The van der Waals surface area contributed by atoms with Crippen LogP contribution in [0.15, 0.2) is 24.7 Å². The Morgan fingerprint density at radius 2 is 1.88 bits per heavy atom. The number of pyridine rings is 1. The summed E-state index contributed by atoms with van der Waals surface area (Å²) in [7, 11) is 0. The highest BCUT2D eigenvalue weighted by molar-refractivity contribution is 5.96. The van der Waals surface area contributed by atoms with Crippen LogP contribution in [0.25, 0.3) is 11.2 Å². The van der Waals surface area contributed by atoms with Crippen molar-refractivity contribution in [2.24, 2.45) is 0 Å². The number of carbonyl (C=O) groups is 1. The van der Waals surface area contributed by atoms with Crippen LogP contribution in [0.5, 0.6) is 0 Å². The third-order valence-electron chi connectivity index (χ3n) is 2.62. The van der Waals surface area contributed by atoms with Crippen LogP contribution in [0.4, 0.5) is 0 Å². The summed E-state index contributed by atoms with van der Waals surface area (Å²) in [5.74, 6) is -0.0185. The largest absolute Gasteiger partial charge is 0.339 e. The van der Waals surface area contributed by atoms with Crippen molar-refractivity contribution in [3.63, 3.8) is 0 Å². The molecule has 2 aromatic rings. The second-order valence-corrected chi connectivity index (χ2v) is 3.60. The molecule has 1 amide bonds. The third-order valence-corrected chi connectivity index (χ3v) is 2.62. The number of amides is 1. The van der Waals surface area contributed by atoms with Crippen LogP contribution in [0, 0.1) is 0 Å². The second-order valence-electron chi connectivity index (χ2n) is 3.60. The molecule has 0 spiro atoms. The second kappa shape index (κ2) is 4.86. The van der Waals surface area contributed by atoms with E-state index in [4.69, 9.17) is 0 Å². The van der Waals surface area contributed by atoms with E-state index in [0.717, 1.165) is 0 Å². The van der Waals surface area contributed by atoms with Gasteiger partial charge in [-0.25, -0.2) is 9.97 Å². The van der Waals surface area contributed by atoms with E-state index < -0.39 is 0 Å². The van der Waals surface area contributed by atoms with E-state index in [2.05, 4.69) is 15.0 Å². The van der Waals surface area contributed by atoms with Gasteiger partial charge in [0.25, 0.3) is 5.91 Å². The molecule has 17 heavy (non-hydrogen) atoms. The van der Waals surface area contributed by atoms with Gasteiger partial charge in [0.15, 0.2) is 5.65 Å². The lowest BCUT2D eigenvalue weighted by atomic mass is 10.2. The minimum Gasteiger partial charge on any atom is -0.339 e. The van der Waals surface area contributed by atoms with Gasteiger partial charge in [-0.15, -0.1) is 0 Å². The van der Waals surface area contributed by atoms with E-state index >= 15 is 0 Å². The Bertz CT molecular complexity index is 537. The molecule has 0 radical (unpaired) electrons. The molecule has 0 aliphatic heterocycles. The van der Waals surface area contributed by atoms with E-state index in [0.29, 0.717) is 29.8 Å². The van der Waals surface area contributed by atoms with Crippen molar-refractivity contribution in [1.82, 2.24) is 19.9 Å². The molecule has 5 nitrogen and oxygen atoms in total. The van der Waals surface area contributed by atoms with E-state index in [1.165, 1.54) is 0 Å². The molecule has 0 aromatic carbocycles. The zero-order valence-corrected chi connectivity index (χ0v) is 9.92. The van der Waals surface area contributed by atoms with Gasteiger partial charge in [-0.1, -0.05) is 0 Å². The maximum absolute atomic E-state index is 12.1. The molecular weight excluding hydrogens is 216 g/mol. The highest BCUT2D eigenvalue weighted by Crippen LogP contribution is 2.10. The molecule has 0 bridgehead atoms. The topological polar surface area (TPSA) is 59.0 Å². The van der Waals surface area contributed by atoms with Crippen molar-refractivity contribution in [3.8, 4) is 0 Å². The van der Waals surface area contributed by atoms with Crippen molar-refractivity contribution >= 4 is 17.1 Å². The standard InChI is InChI=1S/C12H14N4O/c1-3-16(4-2)12(17)9-7-10-11(15-8-9)14-6-5-13-10/h5-8H,3-4H2,1-2H3. The van der Waals surface area contributed by atoms with E-state index in [1.807, 2.05) is 13.8 Å². The zero-order valence-electron chi connectivity index (χ0n) is 9.92. The van der Waals surface area contributed by atoms with Crippen LogP contribution >= 0.6 is 0 Å². The van der Waals surface area contributed by atoms with Gasteiger partial charge in [0.2, 0.25) is 0 Å². The van der Waals surface area contributed by atoms with Crippen LogP contribution in [0.3, 0.4) is 0 Å². The van der Waals surface area contributed by atoms with Crippen LogP contribution in [-0.2, 0) is 0 Å². The summed E-state index contributed by atoms with van der Waals surface area (Å²) >= 11 is 0. The predicted molar refractivity (Wildman–Crippen MR) is 64.6 cm³/mol. The smallest absolute Gasteiger partial charge is 0.255 e. The Hall–Kier alpha value is -2.04. The molecule has 0 saturated heterocycles. The Morgan fingerprint density at radius 3 is 2.59 bits per heavy atom. The number of rotatable bonds is 3. The van der Waals surface area contributed by atoms with Crippen molar-refractivity contribution in [1.29, 1.82) is 0 Å². The molecule has 88 valence electrons. The molecule has 0 N–H and O–H groups in total. The molecule has 0 aliphatic carbocycles. The van der Waals surface area contributed by atoms with Crippen molar-refractivity contribution in [3.05, 3.63) is 30.2 Å². The van der Waals surface area contributed by atoms with E-state index in [9.17, 15) is 4.79 Å². The first-order valence-electron chi connectivity index (χ1n) is 5.62. The molecule has 0 atom stereocenters. The predicted octanol–water partition coefficient (Wildman–Crippen LogP) is 1.51. The SMILES string of the molecule is CCN(CC)C(=O)c1cnc2nccnc2c1. The molecule has 0 saturated carbocycles. The summed E-state index contributed by atoms with van der Waals surface area (Å²) in [6.45, 7) is 5.28. The van der Waals surface area contributed by atoms with Gasteiger partial charge >= 0.3 is 0 Å². The van der Waals surface area contributed by atoms with Crippen molar-refractivity contribution in [2.45, 2.75) is 13.8 Å². The number of aromatic nitrogens is 3. The average molecular weight is 230 g/mol. The van der Waals surface area contributed by atoms with Crippen LogP contribution in [0.2, 0.25) is 0 Å². The van der Waals surface area contributed by atoms with Gasteiger partial charge in [0, 0.05) is 31.7 Å². The Balaban J connectivity index is 2.39. The lowest BCUT2D eigenvalue weighted by Crippen LogP contribution is -2.30. The third kappa shape index (κ3) is 2.22. The summed E-state index contributed by atoms with van der Waals surface area (Å²) in [4.78, 5) is 26.2. The van der Waals surface area contributed by atoms with Gasteiger partial charge in [-0.3, -0.25) is 9.78 Å². The van der Waals surface area contributed by atoms with Crippen LogP contribution in [0.1, 0.15) is 24.2 Å². The zero-order chi connectivity index (χ0) is 12.3. The summed E-state index contributed by atoms with van der Waals surface area (Å²) < 4.78 is 0. The Kier molecular flexibility index (Phi) is 3.27. The lowest BCUT2D eigenvalue weighted by molar-refractivity contribution is 0.0773. The quantitative estimate of drug-likeness (QED) is 0.801. The number of carbonyl (C=O) groups excluding carboxylic acids is 1. The fraction of sp³-hybridized carbons (Fsp3) is 0.333. The molecule has 0 fully saturated rings. The first kappa shape index (κ1) is 11.4. The fourth-order valence-corrected chi connectivity index (χ4v) is 1.67. The fourth-order valence-electron chi connectivity index (χ4n) is 1.67. The summed E-state index contributed by atoms with van der Waals surface area (Å²) in [6.07, 6.45) is 4.73. The molecule has 0 unspecified atom stereocenters. The monoisotopic (exact) mass is 230 g/mol. The van der Waals surface area contributed by atoms with Gasteiger partial charge in [0.05, 0.1) is 5.56 Å². The summed E-state index contributed by atoms with van der Waals surface area (Å²) in [5.41, 5.74) is 1.76. The molecule has 2 heterocycles. The molecule has 5 heteroatoms. The van der Waals surface area contributed by atoms with Crippen LogP contribution in [-0.4, -0.2) is 38.8 Å². The van der Waals surface area contributed by atoms with Gasteiger partial charge in [-0.2, -0.15) is 0 Å². The molecular formula is C12H14N4O. The van der Waals surface area contributed by atoms with E-state index in [1.54, 1.807) is 29.6 Å². The Morgan fingerprint density at radius 1 is 1.18 bits per heavy atom. The molecule has 2 rings (SSSR count). The number of hydrogen-bond acceptors (Lipinski definition) is 4. The minimum atomic E-state index is -0.0185. The van der Waals surface area contributed by atoms with E-state index in [-0.39, 0.29) is 5.91 Å². The Labute approximate surface area is 99.5 Å². The number of hydrogen-bond donors (Lipinski definition) is 0. The highest BCUT2D eigenvalue weighted by Gasteiger charge is 2.13. The highest BCUT2D eigenvalue weighted by atomic mass is 16.2. The summed E-state index contributed by atoms with van der Waals surface area (Å²) in [6, 6.07) is 1.73. The van der Waals surface area contributed by atoms with Crippen molar-refractivity contribution in [2.75, 3.05) is 13.1 Å². The average Bonchev–Trinajstić information content (AvgIpc) is 2.39. The van der Waals surface area contributed by atoms with Gasteiger partial charge in [-0.05, 0) is 19.9 Å². The molecule has 2 aromatic heterocycles. The van der Waals surface area contributed by atoms with Gasteiger partial charge < -0.3 is 4.90 Å². The maximum Gasteiger partial charge on any atom is 0.255 e. The number of fused-ring (bicyclic) bond motifs is 1. The van der Waals surface area contributed by atoms with Crippen LogP contribution < -0.4 is 0 Å². The lowest BCUT2D eigenvalue weighted by Gasteiger charge is -2.18. The molecule has 0 aliphatic rings.